The number of aryl methyl sites for hydroxylation is 1. The van der Waals surface area contributed by atoms with E-state index in [-0.39, 0.29) is 4.90 Å². The number of anilines is 1. The van der Waals surface area contributed by atoms with E-state index in [0.29, 0.717) is 27.1 Å². The van der Waals surface area contributed by atoms with Crippen LogP contribution in [0.5, 0.6) is 0 Å². The topological polar surface area (TPSA) is 64.0 Å². The van der Waals surface area contributed by atoms with E-state index in [1.807, 2.05) is 0 Å². The zero-order chi connectivity index (χ0) is 18.2. The Kier molecular flexibility index (Phi) is 4.77. The fraction of sp³-hybridized carbons (Fsp3) is 0.118. The molecule has 0 aliphatic carbocycles. The van der Waals surface area contributed by atoms with Gasteiger partial charge in [-0.2, -0.15) is 5.10 Å². The van der Waals surface area contributed by atoms with Crippen LogP contribution in [0.15, 0.2) is 53.4 Å². The number of nitrogens with zero attached hydrogens (tertiary/aromatic N) is 2. The van der Waals surface area contributed by atoms with Crippen LogP contribution < -0.4 is 4.72 Å². The van der Waals surface area contributed by atoms with Crippen molar-refractivity contribution in [3.63, 3.8) is 0 Å². The molecule has 0 amide bonds. The molecule has 130 valence electrons. The molecule has 0 spiro atoms. The predicted octanol–water partition coefficient (Wildman–Crippen LogP) is 4.60. The lowest BCUT2D eigenvalue weighted by molar-refractivity contribution is 0.600. The minimum absolute atomic E-state index is 0.141. The van der Waals surface area contributed by atoms with Gasteiger partial charge in [-0.25, -0.2) is 13.1 Å². The Morgan fingerprint density at radius 3 is 2.32 bits per heavy atom. The Morgan fingerprint density at radius 2 is 1.68 bits per heavy atom. The minimum Gasteiger partial charge on any atom is -0.279 e. The maximum atomic E-state index is 12.8. The molecule has 0 atom stereocenters. The van der Waals surface area contributed by atoms with Crippen LogP contribution in [0.25, 0.3) is 5.69 Å². The molecule has 3 aromatic rings. The quantitative estimate of drug-likeness (QED) is 0.701. The largest absolute Gasteiger partial charge is 0.279 e. The smallest absolute Gasteiger partial charge is 0.265 e. The molecule has 5 nitrogen and oxygen atoms in total. The molecule has 0 unspecified atom stereocenters. The maximum Gasteiger partial charge on any atom is 0.265 e. The Labute approximate surface area is 156 Å². The van der Waals surface area contributed by atoms with Crippen molar-refractivity contribution in [1.29, 1.82) is 0 Å². The van der Waals surface area contributed by atoms with E-state index in [9.17, 15) is 8.42 Å². The SMILES string of the molecule is Cc1nn(-c2ccc(Cl)cc2)c(C)c1S(=O)(=O)Nc1cccc(Cl)c1. The number of benzene rings is 2. The molecule has 1 heterocycles. The van der Waals surface area contributed by atoms with Gasteiger partial charge in [0.1, 0.15) is 4.90 Å². The highest BCUT2D eigenvalue weighted by Crippen LogP contribution is 2.26. The van der Waals surface area contributed by atoms with Crippen LogP contribution in [-0.2, 0) is 10.0 Å². The van der Waals surface area contributed by atoms with Gasteiger partial charge in [-0.1, -0.05) is 29.3 Å². The van der Waals surface area contributed by atoms with E-state index in [1.54, 1.807) is 67.1 Å². The summed E-state index contributed by atoms with van der Waals surface area (Å²) in [5.41, 5.74) is 2.04. The first-order valence-electron chi connectivity index (χ1n) is 7.38. The fourth-order valence-electron chi connectivity index (χ4n) is 2.61. The highest BCUT2D eigenvalue weighted by molar-refractivity contribution is 7.92. The first-order valence-corrected chi connectivity index (χ1v) is 9.62. The van der Waals surface area contributed by atoms with Crippen molar-refractivity contribution in [3.8, 4) is 5.69 Å². The fourth-order valence-corrected chi connectivity index (χ4v) is 4.37. The van der Waals surface area contributed by atoms with Gasteiger partial charge >= 0.3 is 0 Å². The molecular weight excluding hydrogens is 381 g/mol. The monoisotopic (exact) mass is 395 g/mol. The van der Waals surface area contributed by atoms with Crippen molar-refractivity contribution in [2.75, 3.05) is 4.72 Å². The number of halogens is 2. The second-order valence-electron chi connectivity index (χ2n) is 5.50. The first-order chi connectivity index (χ1) is 11.8. The Balaban J connectivity index is 2.03. The van der Waals surface area contributed by atoms with Gasteiger partial charge in [0.05, 0.1) is 22.8 Å². The van der Waals surface area contributed by atoms with Crippen LogP contribution in [0, 0.1) is 13.8 Å². The molecule has 2 aromatic carbocycles. The van der Waals surface area contributed by atoms with Gasteiger partial charge in [0.2, 0.25) is 0 Å². The first kappa shape index (κ1) is 17.8. The average Bonchev–Trinajstić information content (AvgIpc) is 2.83. The molecule has 0 fully saturated rings. The van der Waals surface area contributed by atoms with Crippen LogP contribution in [0.2, 0.25) is 10.0 Å². The number of hydrogen-bond donors (Lipinski definition) is 1. The predicted molar refractivity (Wildman–Crippen MR) is 100 cm³/mol. The lowest BCUT2D eigenvalue weighted by Gasteiger charge is -2.09. The molecule has 0 radical (unpaired) electrons. The molecule has 0 saturated carbocycles. The Bertz CT molecular complexity index is 1030. The van der Waals surface area contributed by atoms with E-state index in [1.165, 1.54) is 0 Å². The molecule has 0 saturated heterocycles. The third-order valence-corrected chi connectivity index (χ3v) is 5.76. The van der Waals surface area contributed by atoms with Crippen molar-refractivity contribution in [2.45, 2.75) is 18.7 Å². The summed E-state index contributed by atoms with van der Waals surface area (Å²) in [4.78, 5) is 0.141. The molecular formula is C17H15Cl2N3O2S. The van der Waals surface area contributed by atoms with Gasteiger partial charge in [-0.05, 0) is 56.3 Å². The molecule has 25 heavy (non-hydrogen) atoms. The Morgan fingerprint density at radius 1 is 1.00 bits per heavy atom. The summed E-state index contributed by atoms with van der Waals surface area (Å²) >= 11 is 11.8. The van der Waals surface area contributed by atoms with Crippen LogP contribution >= 0.6 is 23.2 Å². The second kappa shape index (κ2) is 6.71. The lowest BCUT2D eigenvalue weighted by atomic mass is 10.3. The summed E-state index contributed by atoms with van der Waals surface area (Å²) in [6.07, 6.45) is 0. The minimum atomic E-state index is -3.80. The van der Waals surface area contributed by atoms with E-state index in [4.69, 9.17) is 23.2 Å². The van der Waals surface area contributed by atoms with Gasteiger partial charge in [-0.15, -0.1) is 0 Å². The van der Waals surface area contributed by atoms with Crippen molar-refractivity contribution < 1.29 is 8.42 Å². The van der Waals surface area contributed by atoms with E-state index in [2.05, 4.69) is 9.82 Å². The number of aromatic nitrogens is 2. The molecule has 0 aliphatic heterocycles. The highest BCUT2D eigenvalue weighted by atomic mass is 35.5. The number of hydrogen-bond acceptors (Lipinski definition) is 3. The van der Waals surface area contributed by atoms with Crippen LogP contribution in [0.1, 0.15) is 11.4 Å². The van der Waals surface area contributed by atoms with E-state index < -0.39 is 10.0 Å². The molecule has 0 aliphatic rings. The molecule has 8 heteroatoms. The standard InChI is InChI=1S/C17H15Cl2N3O2S/c1-11-17(25(23,24)21-15-5-3-4-14(19)10-15)12(2)22(20-11)16-8-6-13(18)7-9-16/h3-10,21H,1-2H3. The van der Waals surface area contributed by atoms with Gasteiger partial charge in [0.15, 0.2) is 0 Å². The second-order valence-corrected chi connectivity index (χ2v) is 8.00. The van der Waals surface area contributed by atoms with E-state index >= 15 is 0 Å². The van der Waals surface area contributed by atoms with Crippen molar-refractivity contribution in [1.82, 2.24) is 9.78 Å². The maximum absolute atomic E-state index is 12.8. The van der Waals surface area contributed by atoms with Crippen molar-refractivity contribution in [3.05, 3.63) is 70.0 Å². The number of nitrogens with one attached hydrogen (secondary N) is 1. The molecule has 1 aromatic heterocycles. The van der Waals surface area contributed by atoms with Crippen molar-refractivity contribution >= 4 is 38.9 Å². The third-order valence-electron chi connectivity index (χ3n) is 3.64. The summed E-state index contributed by atoms with van der Waals surface area (Å²) < 4.78 is 29.8. The zero-order valence-corrected chi connectivity index (χ0v) is 15.8. The summed E-state index contributed by atoms with van der Waals surface area (Å²) in [7, 11) is -3.80. The molecule has 0 bridgehead atoms. The average molecular weight is 396 g/mol. The summed E-state index contributed by atoms with van der Waals surface area (Å²) in [6.45, 7) is 3.37. The third kappa shape index (κ3) is 3.66. The van der Waals surface area contributed by atoms with Gasteiger partial charge < -0.3 is 0 Å². The highest BCUT2D eigenvalue weighted by Gasteiger charge is 2.25. The number of rotatable bonds is 4. The summed E-state index contributed by atoms with van der Waals surface area (Å²) in [6, 6.07) is 13.6. The normalized spacial score (nSPS) is 11.5. The van der Waals surface area contributed by atoms with Crippen LogP contribution in [0.3, 0.4) is 0 Å². The van der Waals surface area contributed by atoms with Crippen molar-refractivity contribution in [2.24, 2.45) is 0 Å². The number of sulfonamides is 1. The van der Waals surface area contributed by atoms with Crippen LogP contribution in [0.4, 0.5) is 5.69 Å². The van der Waals surface area contributed by atoms with Gasteiger partial charge in [-0.3, -0.25) is 4.72 Å². The van der Waals surface area contributed by atoms with Gasteiger partial charge in [0, 0.05) is 10.0 Å². The summed E-state index contributed by atoms with van der Waals surface area (Å²) in [5.74, 6) is 0. The zero-order valence-electron chi connectivity index (χ0n) is 13.5. The summed E-state index contributed by atoms with van der Waals surface area (Å²) in [5, 5.41) is 5.41. The Hall–Kier alpha value is -2.02. The van der Waals surface area contributed by atoms with E-state index in [0.717, 1.165) is 5.69 Å². The van der Waals surface area contributed by atoms with Gasteiger partial charge in [0.25, 0.3) is 10.0 Å². The lowest BCUT2D eigenvalue weighted by Crippen LogP contribution is -2.15. The van der Waals surface area contributed by atoms with Crippen LogP contribution in [-0.4, -0.2) is 18.2 Å². The molecule has 1 N–H and O–H groups in total. The molecule has 3 rings (SSSR count).